The van der Waals surface area contributed by atoms with E-state index in [-0.39, 0.29) is 23.9 Å². The normalized spacial score (nSPS) is 10.4. The predicted molar refractivity (Wildman–Crippen MR) is 85.2 cm³/mol. The highest BCUT2D eigenvalue weighted by Gasteiger charge is 2.05. The van der Waals surface area contributed by atoms with Gasteiger partial charge in [0.25, 0.3) is 0 Å². The molecule has 1 rings (SSSR count). The minimum absolute atomic E-state index is 0.194. The third kappa shape index (κ3) is 7.24. The zero-order valence-corrected chi connectivity index (χ0v) is 12.5. The first-order chi connectivity index (χ1) is 10.5. The number of esters is 1. The fourth-order valence-corrected chi connectivity index (χ4v) is 1.68. The van der Waals surface area contributed by atoms with E-state index in [4.69, 9.17) is 4.74 Å². The van der Waals surface area contributed by atoms with E-state index in [0.717, 1.165) is 17.4 Å². The number of carbonyl (C=O) groups is 2. The van der Waals surface area contributed by atoms with Gasteiger partial charge in [0.2, 0.25) is 0 Å². The van der Waals surface area contributed by atoms with Gasteiger partial charge in [-0.3, -0.25) is 4.79 Å². The van der Waals surface area contributed by atoms with E-state index in [0.29, 0.717) is 19.3 Å². The van der Waals surface area contributed by atoms with Gasteiger partial charge in [-0.15, -0.1) is 0 Å². The molecular formula is C18H20O4. The van der Waals surface area contributed by atoms with Crippen LogP contribution in [0.4, 0.5) is 0 Å². The fraction of sp³-hybridized carbons (Fsp3) is 0.222. The zero-order chi connectivity index (χ0) is 16.4. The van der Waals surface area contributed by atoms with E-state index in [1.165, 1.54) is 0 Å². The van der Waals surface area contributed by atoms with E-state index in [9.17, 15) is 14.7 Å². The molecule has 4 heteroatoms. The average Bonchev–Trinajstić information content (AvgIpc) is 2.50. The van der Waals surface area contributed by atoms with Crippen LogP contribution in [0, 0.1) is 0 Å². The van der Waals surface area contributed by atoms with E-state index in [2.05, 4.69) is 13.2 Å². The lowest BCUT2D eigenvalue weighted by Gasteiger charge is -2.04. The summed E-state index contributed by atoms with van der Waals surface area (Å²) in [6, 6.07) is 6.67. The van der Waals surface area contributed by atoms with Crippen LogP contribution in [0.1, 0.15) is 24.8 Å². The van der Waals surface area contributed by atoms with Crippen LogP contribution in [0.2, 0.25) is 0 Å². The Balaban J connectivity index is 2.33. The van der Waals surface area contributed by atoms with E-state index >= 15 is 0 Å². The van der Waals surface area contributed by atoms with Crippen LogP contribution in [0.15, 0.2) is 60.9 Å². The Morgan fingerprint density at radius 3 is 2.45 bits per heavy atom. The van der Waals surface area contributed by atoms with E-state index in [1.807, 2.05) is 0 Å². The molecule has 0 radical (unpaired) electrons. The standard InChI is InChI=1S/C18H20O4/c1-14(4-3-13-19)5-6-15(2)22-18(21)12-9-16-7-10-17(20)11-8-16/h5-8,10-11,13,20H,1-4,9,12H2/b6-5-. The number of carbonyl (C=O) groups excluding carboxylic acids is 2. The van der Waals surface area contributed by atoms with Gasteiger partial charge in [0.15, 0.2) is 0 Å². The van der Waals surface area contributed by atoms with E-state index < -0.39 is 0 Å². The van der Waals surface area contributed by atoms with Crippen LogP contribution in [0.3, 0.4) is 0 Å². The van der Waals surface area contributed by atoms with Crippen molar-refractivity contribution in [2.45, 2.75) is 25.7 Å². The summed E-state index contributed by atoms with van der Waals surface area (Å²) in [5, 5.41) is 9.17. The molecule has 1 N–H and O–H groups in total. The Labute approximate surface area is 130 Å². The lowest BCUT2D eigenvalue weighted by molar-refractivity contribution is -0.138. The summed E-state index contributed by atoms with van der Waals surface area (Å²) in [5.41, 5.74) is 1.71. The number of benzene rings is 1. The third-order valence-corrected chi connectivity index (χ3v) is 2.89. The molecule has 4 nitrogen and oxygen atoms in total. The Hall–Kier alpha value is -2.62. The number of aldehydes is 1. The Kier molecular flexibility index (Phi) is 7.40. The second-order valence-electron chi connectivity index (χ2n) is 4.80. The Morgan fingerprint density at radius 1 is 1.14 bits per heavy atom. The molecule has 0 saturated heterocycles. The van der Waals surface area contributed by atoms with Gasteiger partial charge in [-0.05, 0) is 36.6 Å². The maximum Gasteiger partial charge on any atom is 0.311 e. The summed E-state index contributed by atoms with van der Waals surface area (Å²) in [6.45, 7) is 7.42. The summed E-state index contributed by atoms with van der Waals surface area (Å²) in [5.74, 6) is 0.0591. The molecule has 1 aromatic carbocycles. The number of aryl methyl sites for hydroxylation is 1. The molecule has 0 saturated carbocycles. The molecule has 22 heavy (non-hydrogen) atoms. The van der Waals surface area contributed by atoms with Crippen molar-refractivity contribution in [1.29, 1.82) is 0 Å². The first-order valence-corrected chi connectivity index (χ1v) is 6.98. The average molecular weight is 300 g/mol. The number of hydrogen-bond donors (Lipinski definition) is 1. The maximum absolute atomic E-state index is 11.7. The van der Waals surface area contributed by atoms with Gasteiger partial charge in [0.05, 0.1) is 0 Å². The minimum Gasteiger partial charge on any atom is -0.508 e. The van der Waals surface area contributed by atoms with Crippen LogP contribution in [0.5, 0.6) is 5.75 Å². The molecule has 116 valence electrons. The zero-order valence-electron chi connectivity index (χ0n) is 12.5. The molecule has 0 aliphatic heterocycles. The highest BCUT2D eigenvalue weighted by Crippen LogP contribution is 2.12. The van der Waals surface area contributed by atoms with Crippen molar-refractivity contribution in [1.82, 2.24) is 0 Å². The van der Waals surface area contributed by atoms with Crippen molar-refractivity contribution < 1.29 is 19.4 Å². The molecule has 1 aromatic rings. The van der Waals surface area contributed by atoms with Crippen molar-refractivity contribution in [2.24, 2.45) is 0 Å². The number of aromatic hydroxyl groups is 1. The lowest BCUT2D eigenvalue weighted by Crippen LogP contribution is -2.04. The maximum atomic E-state index is 11.7. The Bertz CT molecular complexity index is 567. The first kappa shape index (κ1) is 17.4. The highest BCUT2D eigenvalue weighted by molar-refractivity contribution is 5.71. The van der Waals surface area contributed by atoms with Gasteiger partial charge in [0, 0.05) is 12.8 Å². The van der Waals surface area contributed by atoms with Crippen molar-refractivity contribution in [3.8, 4) is 5.75 Å². The molecular weight excluding hydrogens is 280 g/mol. The predicted octanol–water partition coefficient (Wildman–Crippen LogP) is 3.47. The second-order valence-corrected chi connectivity index (χ2v) is 4.80. The van der Waals surface area contributed by atoms with E-state index in [1.54, 1.807) is 36.4 Å². The molecule has 0 atom stereocenters. The number of allylic oxidation sites excluding steroid dienone is 3. The topological polar surface area (TPSA) is 63.6 Å². The number of phenolic OH excluding ortho intramolecular Hbond substituents is 1. The summed E-state index contributed by atoms with van der Waals surface area (Å²) in [6.07, 6.45) is 5.82. The molecule has 0 amide bonds. The SMILES string of the molecule is C=C(/C=C\C(=C)OC(=O)CCc1ccc(O)cc1)CCC=O. The molecule has 0 aromatic heterocycles. The number of rotatable bonds is 9. The van der Waals surface area contributed by atoms with Crippen LogP contribution in [-0.2, 0) is 20.7 Å². The number of ether oxygens (including phenoxy) is 1. The largest absolute Gasteiger partial charge is 0.508 e. The summed E-state index contributed by atoms with van der Waals surface area (Å²) in [7, 11) is 0. The van der Waals surface area contributed by atoms with Crippen LogP contribution >= 0.6 is 0 Å². The smallest absolute Gasteiger partial charge is 0.311 e. The van der Waals surface area contributed by atoms with Gasteiger partial charge in [-0.2, -0.15) is 0 Å². The van der Waals surface area contributed by atoms with Crippen molar-refractivity contribution in [3.05, 3.63) is 66.5 Å². The second kappa shape index (κ2) is 9.34. The summed E-state index contributed by atoms with van der Waals surface area (Å²) < 4.78 is 5.07. The molecule has 0 heterocycles. The molecule has 0 fully saturated rings. The number of phenols is 1. The monoisotopic (exact) mass is 300 g/mol. The fourth-order valence-electron chi connectivity index (χ4n) is 1.68. The van der Waals surface area contributed by atoms with Crippen molar-refractivity contribution >= 4 is 12.3 Å². The van der Waals surface area contributed by atoms with Gasteiger partial charge >= 0.3 is 5.97 Å². The van der Waals surface area contributed by atoms with Gasteiger partial charge in [-0.25, -0.2) is 0 Å². The van der Waals surface area contributed by atoms with Gasteiger partial charge in [0.1, 0.15) is 17.8 Å². The molecule has 0 spiro atoms. The molecule has 0 aliphatic carbocycles. The highest BCUT2D eigenvalue weighted by atomic mass is 16.5. The quantitative estimate of drug-likeness (QED) is 0.328. The minimum atomic E-state index is -0.374. The van der Waals surface area contributed by atoms with Crippen LogP contribution in [0.25, 0.3) is 0 Å². The molecule has 0 aliphatic rings. The Morgan fingerprint density at radius 2 is 1.82 bits per heavy atom. The van der Waals surface area contributed by atoms with Gasteiger partial charge in [-0.1, -0.05) is 36.9 Å². The van der Waals surface area contributed by atoms with Crippen molar-refractivity contribution in [2.75, 3.05) is 0 Å². The lowest BCUT2D eigenvalue weighted by atomic mass is 10.1. The molecule has 0 unspecified atom stereocenters. The van der Waals surface area contributed by atoms with Crippen LogP contribution in [-0.4, -0.2) is 17.4 Å². The molecule has 0 bridgehead atoms. The van der Waals surface area contributed by atoms with Crippen molar-refractivity contribution in [3.63, 3.8) is 0 Å². The summed E-state index contributed by atoms with van der Waals surface area (Å²) in [4.78, 5) is 21.9. The van der Waals surface area contributed by atoms with Gasteiger partial charge < -0.3 is 14.6 Å². The number of hydrogen-bond acceptors (Lipinski definition) is 4. The first-order valence-electron chi connectivity index (χ1n) is 6.98. The third-order valence-electron chi connectivity index (χ3n) is 2.89. The summed E-state index contributed by atoms with van der Waals surface area (Å²) >= 11 is 0. The van der Waals surface area contributed by atoms with Crippen LogP contribution < -0.4 is 0 Å².